The van der Waals surface area contributed by atoms with Crippen LogP contribution in [0.4, 0.5) is 5.69 Å². The minimum atomic E-state index is -3.77. The van der Waals surface area contributed by atoms with Crippen LogP contribution in [0.5, 0.6) is 0 Å². The van der Waals surface area contributed by atoms with Crippen molar-refractivity contribution in [2.75, 3.05) is 17.1 Å². The van der Waals surface area contributed by atoms with E-state index in [2.05, 4.69) is 21.2 Å². The van der Waals surface area contributed by atoms with Crippen LogP contribution in [0.2, 0.25) is 0 Å². The molecule has 0 radical (unpaired) electrons. The number of hydrogen-bond acceptors (Lipinski definition) is 4. The van der Waals surface area contributed by atoms with Crippen molar-refractivity contribution in [3.05, 3.63) is 64.1 Å². The molecule has 0 heterocycles. The van der Waals surface area contributed by atoms with Gasteiger partial charge in [0.15, 0.2) is 0 Å². The molecule has 2 atom stereocenters. The third-order valence-electron chi connectivity index (χ3n) is 5.66. The van der Waals surface area contributed by atoms with Crippen LogP contribution in [0.3, 0.4) is 0 Å². The molecule has 0 unspecified atom stereocenters. The lowest BCUT2D eigenvalue weighted by Gasteiger charge is -2.33. The Morgan fingerprint density at radius 3 is 2.18 bits per heavy atom. The van der Waals surface area contributed by atoms with E-state index in [0.717, 1.165) is 28.1 Å². The standard InChI is InChI=1S/C25H34BrN3O4S/c1-6-19(4)27-25(31)22(7-2)28(16-20-14-12-18(3)13-15-20)24(30)17-29(34(5,32)33)23-11-9-8-10-21(23)26/h8-15,19,22H,6-7,16-17H2,1-5H3,(H,27,31)/t19-,22-/m0/s1. The summed E-state index contributed by atoms with van der Waals surface area (Å²) in [5.41, 5.74) is 2.31. The molecule has 2 aromatic rings. The number of para-hydroxylation sites is 1. The smallest absolute Gasteiger partial charge is 0.244 e. The molecule has 34 heavy (non-hydrogen) atoms. The molecule has 2 amide bonds. The zero-order valence-corrected chi connectivity index (χ0v) is 22.8. The molecule has 0 fully saturated rings. The van der Waals surface area contributed by atoms with Gasteiger partial charge >= 0.3 is 0 Å². The molecule has 0 aromatic heterocycles. The highest BCUT2D eigenvalue weighted by Crippen LogP contribution is 2.28. The van der Waals surface area contributed by atoms with Crippen molar-refractivity contribution < 1.29 is 18.0 Å². The Balaban J connectivity index is 2.44. The summed E-state index contributed by atoms with van der Waals surface area (Å²) in [4.78, 5) is 28.2. The first-order chi connectivity index (χ1) is 16.0. The van der Waals surface area contributed by atoms with Crippen LogP contribution in [-0.2, 0) is 26.2 Å². The summed E-state index contributed by atoms with van der Waals surface area (Å²) in [5, 5.41) is 2.96. The van der Waals surface area contributed by atoms with Gasteiger partial charge in [-0.1, -0.05) is 55.8 Å². The van der Waals surface area contributed by atoms with E-state index in [1.807, 2.05) is 52.0 Å². The monoisotopic (exact) mass is 551 g/mol. The molecule has 2 aromatic carbocycles. The van der Waals surface area contributed by atoms with Crippen molar-refractivity contribution >= 4 is 43.5 Å². The summed E-state index contributed by atoms with van der Waals surface area (Å²) in [7, 11) is -3.77. The zero-order valence-electron chi connectivity index (χ0n) is 20.4. The minimum Gasteiger partial charge on any atom is -0.352 e. The molecule has 0 aliphatic rings. The highest BCUT2D eigenvalue weighted by atomic mass is 79.9. The number of halogens is 1. The van der Waals surface area contributed by atoms with Crippen LogP contribution in [0.15, 0.2) is 53.0 Å². The highest BCUT2D eigenvalue weighted by molar-refractivity contribution is 9.10. The van der Waals surface area contributed by atoms with Crippen molar-refractivity contribution in [1.82, 2.24) is 10.2 Å². The maximum Gasteiger partial charge on any atom is 0.244 e. The zero-order chi connectivity index (χ0) is 25.5. The molecule has 0 spiro atoms. The van der Waals surface area contributed by atoms with Crippen LogP contribution in [-0.4, -0.2) is 50.0 Å². The quantitative estimate of drug-likeness (QED) is 0.452. The lowest BCUT2D eigenvalue weighted by Crippen LogP contribution is -2.53. The van der Waals surface area contributed by atoms with E-state index in [-0.39, 0.29) is 18.5 Å². The van der Waals surface area contributed by atoms with E-state index >= 15 is 0 Å². The first-order valence-corrected chi connectivity index (χ1v) is 14.0. The van der Waals surface area contributed by atoms with Gasteiger partial charge in [-0.3, -0.25) is 13.9 Å². The number of amides is 2. The van der Waals surface area contributed by atoms with Crippen molar-refractivity contribution in [2.24, 2.45) is 0 Å². The Labute approximate surface area is 211 Å². The van der Waals surface area contributed by atoms with E-state index in [1.165, 1.54) is 4.90 Å². The van der Waals surface area contributed by atoms with Gasteiger partial charge in [0.1, 0.15) is 12.6 Å². The second-order valence-corrected chi connectivity index (χ2v) is 11.2. The van der Waals surface area contributed by atoms with E-state index in [9.17, 15) is 18.0 Å². The van der Waals surface area contributed by atoms with Crippen LogP contribution in [0, 0.1) is 6.92 Å². The average molecular weight is 553 g/mol. The van der Waals surface area contributed by atoms with Gasteiger partial charge in [-0.05, 0) is 60.3 Å². The molecule has 7 nitrogen and oxygen atoms in total. The molecular formula is C25H34BrN3O4S. The normalized spacial score (nSPS) is 13.1. The minimum absolute atomic E-state index is 0.0364. The number of carbonyl (C=O) groups is 2. The van der Waals surface area contributed by atoms with Gasteiger partial charge in [0.2, 0.25) is 21.8 Å². The molecule has 0 aliphatic heterocycles. The summed E-state index contributed by atoms with van der Waals surface area (Å²) >= 11 is 3.38. The lowest BCUT2D eigenvalue weighted by molar-refractivity contribution is -0.140. The SMILES string of the molecule is CC[C@H](C)NC(=O)[C@H](CC)N(Cc1ccc(C)cc1)C(=O)CN(c1ccccc1Br)S(C)(=O)=O. The van der Waals surface area contributed by atoms with Gasteiger partial charge < -0.3 is 10.2 Å². The van der Waals surface area contributed by atoms with Crippen molar-refractivity contribution in [2.45, 2.75) is 59.2 Å². The van der Waals surface area contributed by atoms with Crippen molar-refractivity contribution in [3.8, 4) is 0 Å². The first-order valence-electron chi connectivity index (χ1n) is 11.4. The molecule has 0 saturated heterocycles. The Kier molecular flexibility index (Phi) is 10.1. The van der Waals surface area contributed by atoms with Crippen molar-refractivity contribution in [1.29, 1.82) is 0 Å². The molecule has 186 valence electrons. The fourth-order valence-corrected chi connectivity index (χ4v) is 4.98. The average Bonchev–Trinajstić information content (AvgIpc) is 2.78. The third kappa shape index (κ3) is 7.56. The fraction of sp³-hybridized carbons (Fsp3) is 0.440. The summed E-state index contributed by atoms with van der Waals surface area (Å²) in [6.07, 6.45) is 2.22. The topological polar surface area (TPSA) is 86.8 Å². The molecule has 0 saturated carbocycles. The predicted octanol–water partition coefficient (Wildman–Crippen LogP) is 4.25. The van der Waals surface area contributed by atoms with E-state index in [1.54, 1.807) is 24.3 Å². The van der Waals surface area contributed by atoms with Gasteiger partial charge in [0.05, 0.1) is 11.9 Å². The number of nitrogens with zero attached hydrogens (tertiary/aromatic N) is 2. The van der Waals surface area contributed by atoms with Gasteiger partial charge in [0.25, 0.3) is 0 Å². The maximum atomic E-state index is 13.6. The summed E-state index contributed by atoms with van der Waals surface area (Å²) in [6.45, 7) is 7.48. The molecule has 0 bridgehead atoms. The predicted molar refractivity (Wildman–Crippen MR) is 140 cm³/mol. The van der Waals surface area contributed by atoms with Gasteiger partial charge in [0, 0.05) is 17.1 Å². The number of hydrogen-bond donors (Lipinski definition) is 1. The van der Waals surface area contributed by atoms with Gasteiger partial charge in [-0.2, -0.15) is 0 Å². The van der Waals surface area contributed by atoms with Crippen LogP contribution in [0.1, 0.15) is 44.7 Å². The second-order valence-electron chi connectivity index (χ2n) is 8.47. The Hall–Kier alpha value is -2.39. The van der Waals surface area contributed by atoms with Crippen LogP contribution < -0.4 is 9.62 Å². The van der Waals surface area contributed by atoms with Crippen molar-refractivity contribution in [3.63, 3.8) is 0 Å². The Bertz CT molecular complexity index is 1090. The number of rotatable bonds is 11. The molecule has 2 rings (SSSR count). The number of nitrogens with one attached hydrogen (secondary N) is 1. The Morgan fingerprint density at radius 2 is 1.65 bits per heavy atom. The Morgan fingerprint density at radius 1 is 1.03 bits per heavy atom. The number of carbonyl (C=O) groups excluding carboxylic acids is 2. The van der Waals surface area contributed by atoms with E-state index < -0.39 is 28.5 Å². The maximum absolute atomic E-state index is 13.6. The summed E-state index contributed by atoms with van der Waals surface area (Å²) in [5.74, 6) is -0.697. The number of aryl methyl sites for hydroxylation is 1. The molecule has 9 heteroatoms. The molecule has 1 N–H and O–H groups in total. The number of sulfonamides is 1. The number of anilines is 1. The van der Waals surface area contributed by atoms with Gasteiger partial charge in [-0.15, -0.1) is 0 Å². The second kappa shape index (κ2) is 12.4. The molecular weight excluding hydrogens is 518 g/mol. The summed E-state index contributed by atoms with van der Waals surface area (Å²) < 4.78 is 26.9. The lowest BCUT2D eigenvalue weighted by atomic mass is 10.1. The van der Waals surface area contributed by atoms with Crippen LogP contribution >= 0.6 is 15.9 Å². The first kappa shape index (κ1) is 27.9. The summed E-state index contributed by atoms with van der Waals surface area (Å²) in [6, 6.07) is 13.8. The fourth-order valence-electron chi connectivity index (χ4n) is 3.50. The third-order valence-corrected chi connectivity index (χ3v) is 7.46. The number of benzene rings is 2. The van der Waals surface area contributed by atoms with E-state index in [0.29, 0.717) is 16.6 Å². The molecule has 0 aliphatic carbocycles. The van der Waals surface area contributed by atoms with Gasteiger partial charge in [-0.25, -0.2) is 8.42 Å². The van der Waals surface area contributed by atoms with Crippen LogP contribution in [0.25, 0.3) is 0 Å². The largest absolute Gasteiger partial charge is 0.352 e. The van der Waals surface area contributed by atoms with E-state index in [4.69, 9.17) is 0 Å². The highest BCUT2D eigenvalue weighted by Gasteiger charge is 2.32.